The second kappa shape index (κ2) is 8.82. The summed E-state index contributed by atoms with van der Waals surface area (Å²) >= 11 is 0. The molecular formula is C24H27FN4O4. The number of hydrogen-bond acceptors (Lipinski definition) is 6. The van der Waals surface area contributed by atoms with Crippen LogP contribution in [-0.2, 0) is 13.1 Å². The van der Waals surface area contributed by atoms with Gasteiger partial charge in [0.05, 0.1) is 16.9 Å². The molecule has 0 atom stereocenters. The summed E-state index contributed by atoms with van der Waals surface area (Å²) in [5.74, 6) is -1.64. The zero-order valence-electron chi connectivity index (χ0n) is 18.9. The Kier molecular flexibility index (Phi) is 6.07. The molecule has 0 bridgehead atoms. The van der Waals surface area contributed by atoms with Gasteiger partial charge in [-0.3, -0.25) is 14.7 Å². The summed E-state index contributed by atoms with van der Waals surface area (Å²) in [7, 11) is 0. The second-order valence-corrected chi connectivity index (χ2v) is 8.39. The highest BCUT2D eigenvalue weighted by Crippen LogP contribution is 2.28. The van der Waals surface area contributed by atoms with E-state index in [1.807, 2.05) is 18.7 Å². The molecule has 33 heavy (non-hydrogen) atoms. The van der Waals surface area contributed by atoms with Gasteiger partial charge in [0.1, 0.15) is 17.1 Å². The van der Waals surface area contributed by atoms with Crippen LogP contribution in [-0.4, -0.2) is 56.8 Å². The third kappa shape index (κ3) is 4.16. The Morgan fingerprint density at radius 2 is 1.88 bits per heavy atom. The molecule has 1 aliphatic heterocycles. The third-order valence-electron chi connectivity index (χ3n) is 6.42. The van der Waals surface area contributed by atoms with E-state index in [0.717, 1.165) is 17.2 Å². The minimum absolute atomic E-state index is 0.0683. The monoisotopic (exact) mass is 454 g/mol. The topological polar surface area (TPSA) is 98.9 Å². The number of pyridine rings is 2. The van der Waals surface area contributed by atoms with Gasteiger partial charge in [-0.25, -0.2) is 9.18 Å². The van der Waals surface area contributed by atoms with Crippen LogP contribution < -0.4 is 10.3 Å². The van der Waals surface area contributed by atoms with Crippen molar-refractivity contribution in [2.45, 2.75) is 33.9 Å². The van der Waals surface area contributed by atoms with Gasteiger partial charge in [-0.1, -0.05) is 0 Å². The minimum Gasteiger partial charge on any atom is -0.506 e. The van der Waals surface area contributed by atoms with Crippen molar-refractivity contribution in [3.63, 3.8) is 0 Å². The summed E-state index contributed by atoms with van der Waals surface area (Å²) < 4.78 is 16.7. The third-order valence-corrected chi connectivity index (χ3v) is 6.42. The van der Waals surface area contributed by atoms with Gasteiger partial charge in [0.25, 0.3) is 0 Å². The lowest BCUT2D eigenvalue weighted by molar-refractivity contribution is 0.0695. The van der Waals surface area contributed by atoms with Crippen LogP contribution >= 0.6 is 0 Å². The fourth-order valence-electron chi connectivity index (χ4n) is 4.36. The van der Waals surface area contributed by atoms with Gasteiger partial charge in [0.15, 0.2) is 0 Å². The number of aryl methyl sites for hydroxylation is 2. The maximum absolute atomic E-state index is 15.0. The number of carbonyl (C=O) groups is 1. The van der Waals surface area contributed by atoms with Gasteiger partial charge in [-0.2, -0.15) is 0 Å². The number of piperazine rings is 1. The molecule has 0 unspecified atom stereocenters. The molecule has 2 N–H and O–H groups in total. The van der Waals surface area contributed by atoms with E-state index in [4.69, 9.17) is 0 Å². The van der Waals surface area contributed by atoms with Crippen molar-refractivity contribution < 1.29 is 19.4 Å². The lowest BCUT2D eigenvalue weighted by Crippen LogP contribution is -2.46. The Balaban J connectivity index is 1.58. The number of carboxylic acid groups (broad SMARTS) is 1. The average molecular weight is 455 g/mol. The molecular weight excluding hydrogens is 427 g/mol. The highest BCUT2D eigenvalue weighted by molar-refractivity contribution is 5.93. The summed E-state index contributed by atoms with van der Waals surface area (Å²) in [6.45, 7) is 9.17. The molecule has 0 radical (unpaired) electrons. The summed E-state index contributed by atoms with van der Waals surface area (Å²) in [5, 5.41) is 19.5. The van der Waals surface area contributed by atoms with E-state index in [1.54, 1.807) is 23.8 Å². The quantitative estimate of drug-likeness (QED) is 0.612. The number of carboxylic acids is 1. The van der Waals surface area contributed by atoms with Crippen molar-refractivity contribution in [2.24, 2.45) is 0 Å². The maximum Gasteiger partial charge on any atom is 0.341 e. The lowest BCUT2D eigenvalue weighted by atomic mass is 10.1. The van der Waals surface area contributed by atoms with Crippen LogP contribution in [0.3, 0.4) is 0 Å². The fourth-order valence-corrected chi connectivity index (χ4v) is 4.36. The van der Waals surface area contributed by atoms with E-state index in [-0.39, 0.29) is 16.7 Å². The van der Waals surface area contributed by atoms with Crippen molar-refractivity contribution in [2.75, 3.05) is 31.1 Å². The summed E-state index contributed by atoms with van der Waals surface area (Å²) in [6.07, 6.45) is 3.11. The molecule has 0 spiro atoms. The van der Waals surface area contributed by atoms with Gasteiger partial charge < -0.3 is 19.7 Å². The Morgan fingerprint density at radius 1 is 1.18 bits per heavy atom. The second-order valence-electron chi connectivity index (χ2n) is 8.39. The van der Waals surface area contributed by atoms with Gasteiger partial charge in [0.2, 0.25) is 5.43 Å². The van der Waals surface area contributed by atoms with Crippen molar-refractivity contribution in [3.8, 4) is 5.75 Å². The Bertz CT molecular complexity index is 1300. The number of rotatable bonds is 5. The first-order valence-corrected chi connectivity index (χ1v) is 10.9. The molecule has 8 nitrogen and oxygen atoms in total. The molecule has 1 aromatic carbocycles. The van der Waals surface area contributed by atoms with E-state index >= 15 is 4.39 Å². The van der Waals surface area contributed by atoms with Crippen LogP contribution in [0.2, 0.25) is 0 Å². The number of nitrogens with zero attached hydrogens (tertiary/aromatic N) is 4. The van der Waals surface area contributed by atoms with Crippen molar-refractivity contribution in [1.82, 2.24) is 14.5 Å². The van der Waals surface area contributed by atoms with Crippen LogP contribution in [0.15, 0.2) is 29.3 Å². The van der Waals surface area contributed by atoms with Gasteiger partial charge in [-0.05, 0) is 44.0 Å². The van der Waals surface area contributed by atoms with Crippen LogP contribution in [0.25, 0.3) is 10.9 Å². The first-order valence-electron chi connectivity index (χ1n) is 10.9. The highest BCUT2D eigenvalue weighted by atomic mass is 19.1. The molecule has 9 heteroatoms. The number of hydrogen-bond donors (Lipinski definition) is 2. The normalized spacial score (nSPS) is 14.7. The highest BCUT2D eigenvalue weighted by Gasteiger charge is 2.23. The Labute approximate surface area is 190 Å². The molecule has 1 saturated heterocycles. The number of aromatic nitrogens is 2. The lowest BCUT2D eigenvalue weighted by Gasteiger charge is -2.36. The smallest absolute Gasteiger partial charge is 0.341 e. The van der Waals surface area contributed by atoms with Gasteiger partial charge in [-0.15, -0.1) is 0 Å². The van der Waals surface area contributed by atoms with Crippen LogP contribution in [0.5, 0.6) is 5.75 Å². The summed E-state index contributed by atoms with van der Waals surface area (Å²) in [5.41, 5.74) is 2.27. The van der Waals surface area contributed by atoms with Gasteiger partial charge in [0, 0.05) is 57.0 Å². The predicted molar refractivity (Wildman–Crippen MR) is 124 cm³/mol. The number of benzene rings is 1. The average Bonchev–Trinajstić information content (AvgIpc) is 2.80. The first-order chi connectivity index (χ1) is 15.7. The first kappa shape index (κ1) is 22.7. The SMILES string of the molecule is CCn1cc(C(=O)O)c(=O)c2cc(F)c(N3CCN(Cc4cnc(C)c(O)c4C)CC3)cc21. The maximum atomic E-state index is 15.0. The van der Waals surface area contributed by atoms with Crippen LogP contribution in [0, 0.1) is 19.7 Å². The summed E-state index contributed by atoms with van der Waals surface area (Å²) in [4.78, 5) is 32.4. The number of anilines is 1. The molecule has 2 aromatic heterocycles. The van der Waals surface area contributed by atoms with Crippen molar-refractivity contribution >= 4 is 22.6 Å². The fraction of sp³-hybridized carbons (Fsp3) is 0.375. The van der Waals surface area contributed by atoms with Crippen molar-refractivity contribution in [1.29, 1.82) is 0 Å². The largest absolute Gasteiger partial charge is 0.506 e. The molecule has 3 aromatic rings. The van der Waals surface area contributed by atoms with E-state index in [2.05, 4.69) is 9.88 Å². The zero-order valence-corrected chi connectivity index (χ0v) is 18.9. The van der Waals surface area contributed by atoms with E-state index in [9.17, 15) is 19.8 Å². The van der Waals surface area contributed by atoms with Gasteiger partial charge >= 0.3 is 5.97 Å². The van der Waals surface area contributed by atoms with E-state index in [1.165, 1.54) is 6.20 Å². The molecule has 174 valence electrons. The molecule has 3 heterocycles. The van der Waals surface area contributed by atoms with Crippen LogP contribution in [0.1, 0.15) is 34.1 Å². The molecule has 1 aliphatic rings. The van der Waals surface area contributed by atoms with E-state index in [0.29, 0.717) is 56.2 Å². The van der Waals surface area contributed by atoms with Crippen molar-refractivity contribution in [3.05, 3.63) is 63.0 Å². The molecule has 1 fully saturated rings. The molecule has 0 saturated carbocycles. The number of aromatic carboxylic acids is 1. The number of aromatic hydroxyl groups is 1. The summed E-state index contributed by atoms with van der Waals surface area (Å²) in [6, 6.07) is 2.80. The predicted octanol–water partition coefficient (Wildman–Crippen LogP) is 2.90. The number of halogens is 1. The van der Waals surface area contributed by atoms with Crippen LogP contribution in [0.4, 0.5) is 10.1 Å². The number of fused-ring (bicyclic) bond motifs is 1. The standard InChI is InChI=1S/C24H27FN4O4/c1-4-28-13-18(24(32)33)23(31)17-9-19(25)21(10-20(17)28)29-7-5-27(6-8-29)12-16-11-26-15(3)22(30)14(16)2/h9-11,13,30H,4-8,12H2,1-3H3,(H,32,33). The minimum atomic E-state index is -1.32. The molecule has 0 amide bonds. The Morgan fingerprint density at radius 3 is 2.52 bits per heavy atom. The molecule has 4 rings (SSSR count). The van der Waals surface area contributed by atoms with E-state index < -0.39 is 17.2 Å². The molecule has 0 aliphatic carbocycles. The Hall–Kier alpha value is -3.46. The zero-order chi connectivity index (χ0) is 23.9.